The number of ether oxygens (including phenoxy) is 2. The molecule has 1 fully saturated rings. The third-order valence-electron chi connectivity index (χ3n) is 4.03. The zero-order chi connectivity index (χ0) is 21.0. The average Bonchev–Trinajstić information content (AvgIpc) is 2.96. The summed E-state index contributed by atoms with van der Waals surface area (Å²) in [4.78, 5) is 26.5. The van der Waals surface area contributed by atoms with Crippen LogP contribution in [0.4, 0.5) is 5.69 Å². The van der Waals surface area contributed by atoms with Gasteiger partial charge in [-0.15, -0.1) is 0 Å². The molecule has 1 amide bonds. The van der Waals surface area contributed by atoms with Gasteiger partial charge in [-0.2, -0.15) is 0 Å². The van der Waals surface area contributed by atoms with Gasteiger partial charge in [0, 0.05) is 5.56 Å². The third-order valence-corrected chi connectivity index (χ3v) is 4.92. The molecule has 0 saturated carbocycles. The molecule has 0 spiro atoms. The number of para-hydroxylation sites is 1. The number of hydrogen-bond donors (Lipinski definition) is 1. The molecule has 6 nitrogen and oxygen atoms in total. The predicted octanol–water partition coefficient (Wildman–Crippen LogP) is 4.71. The maximum Gasteiger partial charge on any atom is 0.338 e. The van der Waals surface area contributed by atoms with E-state index in [1.807, 2.05) is 38.1 Å². The van der Waals surface area contributed by atoms with Gasteiger partial charge in [0.15, 0.2) is 5.17 Å². The molecule has 0 bridgehead atoms. The van der Waals surface area contributed by atoms with Crippen molar-refractivity contribution in [2.24, 2.45) is 0 Å². The number of nitrogens with one attached hydrogen (secondary N) is 1. The molecule has 1 heterocycles. The van der Waals surface area contributed by atoms with Crippen molar-refractivity contribution in [2.45, 2.75) is 26.9 Å². The SMILES string of the molecule is CCOC(=O)c1ccc(N2C(=N)S/C(=C\c3ccccc3OC(C)C)C2=O)cc1. The number of amides is 1. The predicted molar refractivity (Wildman–Crippen MR) is 115 cm³/mol. The quantitative estimate of drug-likeness (QED) is 0.551. The van der Waals surface area contributed by atoms with E-state index < -0.39 is 5.97 Å². The molecule has 1 saturated heterocycles. The van der Waals surface area contributed by atoms with Crippen molar-refractivity contribution in [3.05, 3.63) is 64.6 Å². The largest absolute Gasteiger partial charge is 0.490 e. The van der Waals surface area contributed by atoms with Crippen LogP contribution < -0.4 is 9.64 Å². The lowest BCUT2D eigenvalue weighted by atomic mass is 10.1. The summed E-state index contributed by atoms with van der Waals surface area (Å²) in [5.41, 5.74) is 1.71. The van der Waals surface area contributed by atoms with Crippen LogP contribution >= 0.6 is 11.8 Å². The third kappa shape index (κ3) is 4.68. The maximum atomic E-state index is 12.9. The smallest absolute Gasteiger partial charge is 0.338 e. The van der Waals surface area contributed by atoms with Gasteiger partial charge in [-0.05, 0) is 68.9 Å². The molecule has 0 radical (unpaired) electrons. The Morgan fingerprint density at radius 3 is 2.52 bits per heavy atom. The summed E-state index contributed by atoms with van der Waals surface area (Å²) in [7, 11) is 0. The fourth-order valence-corrected chi connectivity index (χ4v) is 3.64. The standard InChI is InChI=1S/C22H22N2O4S/c1-4-27-21(26)15-9-11-17(12-10-15)24-20(25)19(29-22(24)23)13-16-7-5-6-8-18(16)28-14(2)3/h5-14,23H,4H2,1-3H3/b19-13-,23-22?. The molecular formula is C22H22N2O4S. The number of esters is 1. The summed E-state index contributed by atoms with van der Waals surface area (Å²) in [6.45, 7) is 5.92. The number of amidine groups is 1. The summed E-state index contributed by atoms with van der Waals surface area (Å²) >= 11 is 1.09. The van der Waals surface area contributed by atoms with Gasteiger partial charge in [0.1, 0.15) is 5.75 Å². The van der Waals surface area contributed by atoms with Crippen LogP contribution in [0, 0.1) is 5.41 Å². The average molecular weight is 410 g/mol. The number of thioether (sulfide) groups is 1. The fourth-order valence-electron chi connectivity index (χ4n) is 2.78. The first kappa shape index (κ1) is 20.7. The molecular weight excluding hydrogens is 388 g/mol. The van der Waals surface area contributed by atoms with E-state index in [1.165, 1.54) is 4.90 Å². The Bertz CT molecular complexity index is 967. The molecule has 29 heavy (non-hydrogen) atoms. The van der Waals surface area contributed by atoms with E-state index in [2.05, 4.69) is 0 Å². The van der Waals surface area contributed by atoms with E-state index in [9.17, 15) is 9.59 Å². The van der Waals surface area contributed by atoms with E-state index in [1.54, 1.807) is 37.3 Å². The molecule has 0 aromatic heterocycles. The first-order chi connectivity index (χ1) is 13.9. The van der Waals surface area contributed by atoms with Crippen LogP contribution in [0.2, 0.25) is 0 Å². The molecule has 7 heteroatoms. The number of carbonyl (C=O) groups is 2. The highest BCUT2D eigenvalue weighted by molar-refractivity contribution is 8.19. The molecule has 3 rings (SSSR count). The van der Waals surface area contributed by atoms with Crippen molar-refractivity contribution < 1.29 is 19.1 Å². The Labute approximate surface area is 174 Å². The fraction of sp³-hybridized carbons (Fsp3) is 0.227. The summed E-state index contributed by atoms with van der Waals surface area (Å²) in [5, 5.41) is 8.35. The van der Waals surface area contributed by atoms with Gasteiger partial charge in [0.2, 0.25) is 0 Å². The lowest BCUT2D eigenvalue weighted by Crippen LogP contribution is -2.28. The van der Waals surface area contributed by atoms with Crippen LogP contribution in [0.1, 0.15) is 36.7 Å². The minimum Gasteiger partial charge on any atom is -0.490 e. The van der Waals surface area contributed by atoms with Gasteiger partial charge >= 0.3 is 5.97 Å². The molecule has 0 aliphatic carbocycles. The highest BCUT2D eigenvalue weighted by atomic mass is 32.2. The first-order valence-corrected chi connectivity index (χ1v) is 10.1. The minimum atomic E-state index is -0.418. The van der Waals surface area contributed by atoms with E-state index in [4.69, 9.17) is 14.9 Å². The number of rotatable bonds is 6. The number of nitrogens with zero attached hydrogens (tertiary/aromatic N) is 1. The Kier molecular flexibility index (Phi) is 6.39. The molecule has 0 unspecified atom stereocenters. The van der Waals surface area contributed by atoms with E-state index in [0.717, 1.165) is 17.3 Å². The van der Waals surface area contributed by atoms with Gasteiger partial charge in [0.05, 0.1) is 28.9 Å². The molecule has 0 atom stereocenters. The van der Waals surface area contributed by atoms with Crippen molar-refractivity contribution in [1.29, 1.82) is 5.41 Å². The number of anilines is 1. The Morgan fingerprint density at radius 1 is 1.17 bits per heavy atom. The Balaban J connectivity index is 1.85. The number of benzene rings is 2. The number of carbonyl (C=O) groups excluding carboxylic acids is 2. The second kappa shape index (κ2) is 8.96. The van der Waals surface area contributed by atoms with Crippen LogP contribution in [0.15, 0.2) is 53.4 Å². The molecule has 2 aromatic rings. The van der Waals surface area contributed by atoms with Crippen molar-refractivity contribution >= 4 is 40.6 Å². The van der Waals surface area contributed by atoms with Gasteiger partial charge in [-0.3, -0.25) is 15.1 Å². The van der Waals surface area contributed by atoms with Crippen molar-refractivity contribution in [3.8, 4) is 5.75 Å². The Hall–Kier alpha value is -3.06. The van der Waals surface area contributed by atoms with Crippen LogP contribution in [0.5, 0.6) is 5.75 Å². The highest BCUT2D eigenvalue weighted by Gasteiger charge is 2.33. The summed E-state index contributed by atoms with van der Waals surface area (Å²) in [5.74, 6) is -0.0194. The maximum absolute atomic E-state index is 12.9. The van der Waals surface area contributed by atoms with Gasteiger partial charge < -0.3 is 9.47 Å². The van der Waals surface area contributed by atoms with E-state index in [0.29, 0.717) is 28.5 Å². The van der Waals surface area contributed by atoms with Gasteiger partial charge in [-0.1, -0.05) is 18.2 Å². The second-order valence-electron chi connectivity index (χ2n) is 6.53. The molecule has 2 aromatic carbocycles. The van der Waals surface area contributed by atoms with Gasteiger partial charge in [0.25, 0.3) is 5.91 Å². The van der Waals surface area contributed by atoms with Crippen LogP contribution in [-0.2, 0) is 9.53 Å². The summed E-state index contributed by atoms with van der Waals surface area (Å²) in [6, 6.07) is 13.9. The topological polar surface area (TPSA) is 79.7 Å². The molecule has 1 aliphatic rings. The van der Waals surface area contributed by atoms with E-state index >= 15 is 0 Å². The normalized spacial score (nSPS) is 15.3. The highest BCUT2D eigenvalue weighted by Crippen LogP contribution is 2.36. The number of hydrogen-bond acceptors (Lipinski definition) is 6. The Morgan fingerprint density at radius 2 is 1.86 bits per heavy atom. The summed E-state index contributed by atoms with van der Waals surface area (Å²) in [6.07, 6.45) is 1.75. The first-order valence-electron chi connectivity index (χ1n) is 9.26. The van der Waals surface area contributed by atoms with Crippen LogP contribution in [-0.4, -0.2) is 29.8 Å². The monoisotopic (exact) mass is 410 g/mol. The van der Waals surface area contributed by atoms with Crippen molar-refractivity contribution in [3.63, 3.8) is 0 Å². The minimum absolute atomic E-state index is 0.00851. The van der Waals surface area contributed by atoms with E-state index in [-0.39, 0.29) is 17.2 Å². The molecule has 1 aliphatic heterocycles. The van der Waals surface area contributed by atoms with Crippen molar-refractivity contribution in [1.82, 2.24) is 0 Å². The zero-order valence-corrected chi connectivity index (χ0v) is 17.3. The van der Waals surface area contributed by atoms with Crippen LogP contribution in [0.25, 0.3) is 6.08 Å². The lowest BCUT2D eigenvalue weighted by Gasteiger charge is -2.15. The molecule has 1 N–H and O–H groups in total. The lowest BCUT2D eigenvalue weighted by molar-refractivity contribution is -0.113. The zero-order valence-electron chi connectivity index (χ0n) is 16.5. The van der Waals surface area contributed by atoms with Crippen LogP contribution in [0.3, 0.4) is 0 Å². The second-order valence-corrected chi connectivity index (χ2v) is 7.56. The van der Waals surface area contributed by atoms with Crippen molar-refractivity contribution in [2.75, 3.05) is 11.5 Å². The molecule has 150 valence electrons. The summed E-state index contributed by atoms with van der Waals surface area (Å²) < 4.78 is 10.8. The van der Waals surface area contributed by atoms with Gasteiger partial charge in [-0.25, -0.2) is 4.79 Å².